The van der Waals surface area contributed by atoms with Crippen molar-refractivity contribution >= 4 is 21.8 Å². The van der Waals surface area contributed by atoms with Crippen LogP contribution >= 0.6 is 0 Å². The number of carbonyl (C=O) groups is 2. The van der Waals surface area contributed by atoms with Gasteiger partial charge < -0.3 is 21.1 Å². The Morgan fingerprint density at radius 1 is 0.950 bits per heavy atom. The van der Waals surface area contributed by atoms with Crippen molar-refractivity contribution in [3.63, 3.8) is 0 Å². The Morgan fingerprint density at radius 3 is 2.12 bits per heavy atom. The number of nitrogens with one attached hydrogen (secondary N) is 3. The van der Waals surface area contributed by atoms with Crippen molar-refractivity contribution in [2.45, 2.75) is 64.0 Å². The van der Waals surface area contributed by atoms with E-state index in [1.54, 1.807) is 37.4 Å². The van der Waals surface area contributed by atoms with Crippen LogP contribution in [0.15, 0.2) is 65.6 Å². The van der Waals surface area contributed by atoms with Gasteiger partial charge in [0.1, 0.15) is 0 Å². The summed E-state index contributed by atoms with van der Waals surface area (Å²) in [5.41, 5.74) is 0.371. The number of sulfonamides is 1. The molecular weight excluding hydrogens is 528 g/mol. The van der Waals surface area contributed by atoms with Gasteiger partial charge in [0, 0.05) is 26.1 Å². The number of nitrogens with zero attached hydrogens (tertiary/aromatic N) is 1. The summed E-state index contributed by atoms with van der Waals surface area (Å²) in [6, 6.07) is 16.9. The number of hydrogen-bond acceptors (Lipinski definition) is 6. The number of amides is 2. The summed E-state index contributed by atoms with van der Waals surface area (Å²) in [7, 11) is -2.25. The molecule has 40 heavy (non-hydrogen) atoms. The molecule has 0 heterocycles. The lowest BCUT2D eigenvalue weighted by Crippen LogP contribution is -2.52. The fraction of sp³-hybridized carbons (Fsp3) is 0.533. The van der Waals surface area contributed by atoms with Crippen LogP contribution in [0.3, 0.4) is 0 Å². The highest BCUT2D eigenvalue weighted by atomic mass is 32.2. The van der Waals surface area contributed by atoms with Gasteiger partial charge in [-0.25, -0.2) is 8.42 Å². The highest BCUT2D eigenvalue weighted by molar-refractivity contribution is 7.89. The molecule has 2 atom stereocenters. The topological polar surface area (TPSA) is 128 Å². The highest BCUT2D eigenvalue weighted by Gasteiger charge is 2.36. The number of rotatable bonds is 17. The molecule has 0 saturated heterocycles. The van der Waals surface area contributed by atoms with Gasteiger partial charge in [-0.1, -0.05) is 76.2 Å². The number of aliphatic hydroxyl groups excluding tert-OH is 1. The molecule has 4 N–H and O–H groups in total. The van der Waals surface area contributed by atoms with Gasteiger partial charge in [0.15, 0.2) is 0 Å². The third-order valence-electron chi connectivity index (χ3n) is 6.63. The van der Waals surface area contributed by atoms with E-state index in [1.165, 1.54) is 4.31 Å². The number of hydrogen-bond donors (Lipinski definition) is 4. The highest BCUT2D eigenvalue weighted by Crippen LogP contribution is 2.24. The zero-order chi connectivity index (χ0) is 29.8. The summed E-state index contributed by atoms with van der Waals surface area (Å²) in [5, 5.41) is 19.8. The lowest BCUT2D eigenvalue weighted by Gasteiger charge is -2.35. The van der Waals surface area contributed by atoms with E-state index < -0.39 is 27.6 Å². The Kier molecular flexibility index (Phi) is 13.2. The summed E-state index contributed by atoms with van der Waals surface area (Å²) >= 11 is 0. The Morgan fingerprint density at radius 2 is 1.55 bits per heavy atom. The molecule has 2 rings (SSSR count). The molecular formula is C30H46N4O5S. The molecule has 2 unspecified atom stereocenters. The first-order valence-electron chi connectivity index (χ1n) is 13.8. The van der Waals surface area contributed by atoms with E-state index in [0.29, 0.717) is 13.0 Å². The predicted octanol–water partition coefficient (Wildman–Crippen LogP) is 2.56. The first-order chi connectivity index (χ1) is 18.9. The number of carbonyl (C=O) groups excluding carboxylic acids is 2. The Bertz CT molecular complexity index is 1160. The molecule has 0 radical (unpaired) electrons. The van der Waals surface area contributed by atoms with Gasteiger partial charge in [0.05, 0.1) is 23.6 Å². The van der Waals surface area contributed by atoms with E-state index in [-0.39, 0.29) is 55.1 Å². The molecule has 0 aliphatic carbocycles. The second-order valence-electron chi connectivity index (χ2n) is 11.4. The smallest absolute Gasteiger partial charge is 0.243 e. The Balaban J connectivity index is 2.25. The maximum absolute atomic E-state index is 13.9. The average Bonchev–Trinajstić information content (AvgIpc) is 2.91. The summed E-state index contributed by atoms with van der Waals surface area (Å²) in [4.78, 5) is 24.8. The SMILES string of the molecule is CNCC(=O)NCC(C)(C)CC(=O)NCC(O)C(Cc1ccccc1)N(CCC(C)C)S(=O)(=O)c1ccccc1. The molecule has 222 valence electrons. The van der Waals surface area contributed by atoms with Crippen LogP contribution in [-0.2, 0) is 26.0 Å². The minimum absolute atomic E-state index is 0.110. The molecule has 0 saturated carbocycles. The van der Waals surface area contributed by atoms with Gasteiger partial charge in [0.2, 0.25) is 21.8 Å². The fourth-order valence-corrected chi connectivity index (χ4v) is 6.03. The number of aliphatic hydroxyl groups is 1. The van der Waals surface area contributed by atoms with Crippen molar-refractivity contribution in [1.29, 1.82) is 0 Å². The van der Waals surface area contributed by atoms with Crippen LogP contribution in [0.5, 0.6) is 0 Å². The third kappa shape index (κ3) is 11.0. The van der Waals surface area contributed by atoms with Crippen LogP contribution in [-0.4, -0.2) is 75.0 Å². The minimum Gasteiger partial charge on any atom is -0.390 e. The van der Waals surface area contributed by atoms with Crippen LogP contribution in [0.4, 0.5) is 0 Å². The van der Waals surface area contributed by atoms with E-state index >= 15 is 0 Å². The van der Waals surface area contributed by atoms with E-state index in [2.05, 4.69) is 16.0 Å². The second-order valence-corrected chi connectivity index (χ2v) is 13.3. The average molecular weight is 575 g/mol. The summed E-state index contributed by atoms with van der Waals surface area (Å²) in [5.74, 6) is -0.195. The largest absolute Gasteiger partial charge is 0.390 e. The first kappa shape index (κ1) is 33.4. The molecule has 0 aromatic heterocycles. The Labute approximate surface area is 239 Å². The zero-order valence-electron chi connectivity index (χ0n) is 24.4. The predicted molar refractivity (Wildman–Crippen MR) is 158 cm³/mol. The van der Waals surface area contributed by atoms with Crippen molar-refractivity contribution in [3.05, 3.63) is 66.2 Å². The maximum atomic E-state index is 13.9. The standard InChI is InChI=1S/C30H46N4O5S/c1-23(2)16-17-34(40(38,39)25-14-10-7-11-15-25)26(18-24-12-8-6-9-13-24)27(35)20-32-28(36)19-30(3,4)22-33-29(37)21-31-5/h6-15,23,26-27,31,35H,16-22H2,1-5H3,(H,32,36)(H,33,37). The van der Waals surface area contributed by atoms with Crippen molar-refractivity contribution in [2.75, 3.05) is 33.2 Å². The quantitative estimate of drug-likeness (QED) is 0.230. The molecule has 0 aliphatic rings. The lowest BCUT2D eigenvalue weighted by molar-refractivity contribution is -0.125. The molecule has 2 aromatic rings. The summed E-state index contributed by atoms with van der Waals surface area (Å²) in [6.07, 6.45) is -0.134. The molecule has 0 fully saturated rings. The van der Waals surface area contributed by atoms with Gasteiger partial charge in [-0.2, -0.15) is 4.31 Å². The minimum atomic E-state index is -3.93. The van der Waals surface area contributed by atoms with Gasteiger partial charge in [-0.15, -0.1) is 0 Å². The second kappa shape index (κ2) is 15.9. The summed E-state index contributed by atoms with van der Waals surface area (Å²) in [6.45, 7) is 8.44. The van der Waals surface area contributed by atoms with Crippen molar-refractivity contribution in [1.82, 2.24) is 20.3 Å². The van der Waals surface area contributed by atoms with E-state index in [4.69, 9.17) is 0 Å². The summed E-state index contributed by atoms with van der Waals surface area (Å²) < 4.78 is 29.1. The van der Waals surface area contributed by atoms with E-state index in [1.807, 2.05) is 58.0 Å². The molecule has 0 spiro atoms. The lowest BCUT2D eigenvalue weighted by atomic mass is 9.88. The monoisotopic (exact) mass is 574 g/mol. The van der Waals surface area contributed by atoms with Crippen molar-refractivity contribution in [3.8, 4) is 0 Å². The van der Waals surface area contributed by atoms with Crippen LogP contribution in [0.25, 0.3) is 0 Å². The van der Waals surface area contributed by atoms with E-state index in [0.717, 1.165) is 5.56 Å². The Hall–Kier alpha value is -2.79. The molecule has 9 nitrogen and oxygen atoms in total. The molecule has 2 amide bonds. The van der Waals surface area contributed by atoms with Gasteiger partial charge >= 0.3 is 0 Å². The van der Waals surface area contributed by atoms with Crippen LogP contribution in [0.1, 0.15) is 46.1 Å². The van der Waals surface area contributed by atoms with Crippen LogP contribution in [0.2, 0.25) is 0 Å². The molecule has 10 heteroatoms. The van der Waals surface area contributed by atoms with Gasteiger partial charge in [0.25, 0.3) is 0 Å². The molecule has 2 aromatic carbocycles. The normalized spacial score (nSPS) is 13.7. The van der Waals surface area contributed by atoms with Crippen molar-refractivity contribution < 1.29 is 23.1 Å². The van der Waals surface area contributed by atoms with Crippen LogP contribution in [0, 0.1) is 11.3 Å². The number of likely N-dealkylation sites (N-methyl/N-ethyl adjacent to an activating group) is 1. The maximum Gasteiger partial charge on any atom is 0.243 e. The van der Waals surface area contributed by atoms with Crippen molar-refractivity contribution in [2.24, 2.45) is 11.3 Å². The molecule has 0 bridgehead atoms. The van der Waals surface area contributed by atoms with E-state index in [9.17, 15) is 23.1 Å². The zero-order valence-corrected chi connectivity index (χ0v) is 25.2. The number of benzene rings is 2. The van der Waals surface area contributed by atoms with Gasteiger partial charge in [-0.05, 0) is 48.9 Å². The molecule has 0 aliphatic heterocycles. The van der Waals surface area contributed by atoms with Gasteiger partial charge in [-0.3, -0.25) is 9.59 Å². The first-order valence-corrected chi connectivity index (χ1v) is 15.3. The fourth-order valence-electron chi connectivity index (χ4n) is 4.34. The van der Waals surface area contributed by atoms with Crippen LogP contribution < -0.4 is 16.0 Å². The third-order valence-corrected chi connectivity index (χ3v) is 8.57.